The molecule has 0 aliphatic carbocycles. The third-order valence-corrected chi connectivity index (χ3v) is 3.63. The van der Waals surface area contributed by atoms with Gasteiger partial charge in [-0.1, -0.05) is 0 Å². The zero-order valence-electron chi connectivity index (χ0n) is 7.63. The summed E-state index contributed by atoms with van der Waals surface area (Å²) in [5.74, 6) is 1.90. The predicted octanol–water partition coefficient (Wildman–Crippen LogP) is 0.573. The molecule has 1 aromatic heterocycles. The van der Waals surface area contributed by atoms with E-state index in [0.717, 1.165) is 23.8 Å². The lowest BCUT2D eigenvalue weighted by molar-refractivity contribution is -0.0211. The molecule has 4 nitrogen and oxygen atoms in total. The van der Waals surface area contributed by atoms with E-state index in [0.29, 0.717) is 6.42 Å². The predicted molar refractivity (Wildman–Crippen MR) is 56.7 cm³/mol. The quantitative estimate of drug-likeness (QED) is 0.826. The largest absolute Gasteiger partial charge is 0.390 e. The van der Waals surface area contributed by atoms with Crippen LogP contribution in [0.4, 0.5) is 0 Å². The standard InChI is InChI=1S/C8H12N2O2S2/c11-7(3-6-4-9-14-10-6)8-5-13-2-1-12-8/h4,7-8,11H,1-3,5H2. The van der Waals surface area contributed by atoms with E-state index in [1.54, 1.807) is 6.20 Å². The molecular weight excluding hydrogens is 220 g/mol. The van der Waals surface area contributed by atoms with E-state index in [9.17, 15) is 5.11 Å². The highest BCUT2D eigenvalue weighted by molar-refractivity contribution is 7.99. The van der Waals surface area contributed by atoms with Gasteiger partial charge in [0.15, 0.2) is 0 Å². The molecule has 1 aliphatic heterocycles. The third kappa shape index (κ3) is 2.66. The average Bonchev–Trinajstić information content (AvgIpc) is 2.72. The van der Waals surface area contributed by atoms with Crippen LogP contribution in [-0.4, -0.2) is 44.2 Å². The van der Waals surface area contributed by atoms with Gasteiger partial charge in [0.05, 0.1) is 42.4 Å². The Balaban J connectivity index is 1.85. The Labute approximate surface area is 91.0 Å². The lowest BCUT2D eigenvalue weighted by Gasteiger charge is -2.26. The van der Waals surface area contributed by atoms with Crippen LogP contribution in [0, 0.1) is 0 Å². The lowest BCUT2D eigenvalue weighted by Crippen LogP contribution is -2.36. The second-order valence-corrected chi connectivity index (χ2v) is 4.86. The van der Waals surface area contributed by atoms with E-state index in [1.807, 2.05) is 11.8 Å². The Bertz CT molecular complexity index is 262. The summed E-state index contributed by atoms with van der Waals surface area (Å²) in [6, 6.07) is 0. The first-order chi connectivity index (χ1) is 6.86. The number of aliphatic hydroxyl groups excluding tert-OH is 1. The minimum atomic E-state index is -0.452. The van der Waals surface area contributed by atoms with Gasteiger partial charge in [-0.2, -0.15) is 20.5 Å². The molecule has 0 radical (unpaired) electrons. The Kier molecular flexibility index (Phi) is 3.74. The van der Waals surface area contributed by atoms with E-state index in [2.05, 4.69) is 8.75 Å². The number of hydrogen-bond donors (Lipinski definition) is 1. The fourth-order valence-electron chi connectivity index (χ4n) is 1.35. The Morgan fingerprint density at radius 3 is 3.29 bits per heavy atom. The van der Waals surface area contributed by atoms with Crippen LogP contribution in [0.2, 0.25) is 0 Å². The highest BCUT2D eigenvalue weighted by atomic mass is 32.2. The second kappa shape index (κ2) is 5.06. The van der Waals surface area contributed by atoms with Crippen LogP contribution in [-0.2, 0) is 11.2 Å². The molecule has 1 fully saturated rings. The SMILES string of the molecule is OC(Cc1cnsn1)C1CSCCO1. The van der Waals surface area contributed by atoms with Gasteiger partial charge in [-0.05, 0) is 0 Å². The van der Waals surface area contributed by atoms with E-state index in [-0.39, 0.29) is 6.10 Å². The maximum Gasteiger partial charge on any atom is 0.0928 e. The summed E-state index contributed by atoms with van der Waals surface area (Å²) < 4.78 is 13.4. The van der Waals surface area contributed by atoms with Crippen molar-refractivity contribution in [2.45, 2.75) is 18.6 Å². The first-order valence-electron chi connectivity index (χ1n) is 4.50. The molecule has 2 atom stereocenters. The van der Waals surface area contributed by atoms with Gasteiger partial charge < -0.3 is 9.84 Å². The van der Waals surface area contributed by atoms with Crippen molar-refractivity contribution in [3.63, 3.8) is 0 Å². The molecular formula is C8H12N2O2S2. The van der Waals surface area contributed by atoms with Crippen molar-refractivity contribution in [3.05, 3.63) is 11.9 Å². The number of ether oxygens (including phenoxy) is 1. The van der Waals surface area contributed by atoms with Gasteiger partial charge in [0.2, 0.25) is 0 Å². The maximum absolute atomic E-state index is 9.84. The highest BCUT2D eigenvalue weighted by Crippen LogP contribution is 2.17. The minimum Gasteiger partial charge on any atom is -0.390 e. The molecule has 1 aliphatic rings. The molecule has 2 heterocycles. The van der Waals surface area contributed by atoms with Crippen molar-refractivity contribution in [1.29, 1.82) is 0 Å². The topological polar surface area (TPSA) is 55.2 Å². The summed E-state index contributed by atoms with van der Waals surface area (Å²) in [4.78, 5) is 0. The molecule has 0 spiro atoms. The monoisotopic (exact) mass is 232 g/mol. The van der Waals surface area contributed by atoms with Crippen LogP contribution in [0.1, 0.15) is 5.69 Å². The maximum atomic E-state index is 9.84. The third-order valence-electron chi connectivity index (χ3n) is 2.10. The van der Waals surface area contributed by atoms with Crippen molar-refractivity contribution in [2.24, 2.45) is 0 Å². The molecule has 2 rings (SSSR count). The minimum absolute atomic E-state index is 0.0459. The van der Waals surface area contributed by atoms with Crippen LogP contribution in [0.25, 0.3) is 0 Å². The molecule has 6 heteroatoms. The molecule has 1 saturated heterocycles. The number of aliphatic hydroxyl groups is 1. The van der Waals surface area contributed by atoms with Crippen molar-refractivity contribution < 1.29 is 9.84 Å². The van der Waals surface area contributed by atoms with Crippen molar-refractivity contribution in [1.82, 2.24) is 8.75 Å². The van der Waals surface area contributed by atoms with Crippen LogP contribution in [0.3, 0.4) is 0 Å². The summed E-state index contributed by atoms with van der Waals surface area (Å²) in [6.07, 6.45) is 1.74. The summed E-state index contributed by atoms with van der Waals surface area (Å²) >= 11 is 3.00. The van der Waals surface area contributed by atoms with Gasteiger partial charge in [0, 0.05) is 17.9 Å². The molecule has 0 aromatic carbocycles. The number of nitrogens with zero attached hydrogens (tertiary/aromatic N) is 2. The molecule has 0 saturated carbocycles. The van der Waals surface area contributed by atoms with E-state index in [1.165, 1.54) is 11.7 Å². The molecule has 14 heavy (non-hydrogen) atoms. The summed E-state index contributed by atoms with van der Waals surface area (Å²) in [7, 11) is 0. The van der Waals surface area contributed by atoms with Gasteiger partial charge in [-0.15, -0.1) is 0 Å². The van der Waals surface area contributed by atoms with E-state index >= 15 is 0 Å². The van der Waals surface area contributed by atoms with E-state index in [4.69, 9.17) is 4.74 Å². The number of hydrogen-bond acceptors (Lipinski definition) is 6. The Morgan fingerprint density at radius 2 is 2.64 bits per heavy atom. The van der Waals surface area contributed by atoms with Crippen molar-refractivity contribution >= 4 is 23.5 Å². The van der Waals surface area contributed by atoms with E-state index < -0.39 is 6.10 Å². The van der Waals surface area contributed by atoms with Gasteiger partial charge in [-0.25, -0.2) is 0 Å². The average molecular weight is 232 g/mol. The first kappa shape index (κ1) is 10.4. The fourth-order valence-corrected chi connectivity index (χ4v) is 2.72. The summed E-state index contributed by atoms with van der Waals surface area (Å²) in [5.41, 5.74) is 0.849. The molecule has 2 unspecified atom stereocenters. The van der Waals surface area contributed by atoms with Gasteiger partial charge in [0.1, 0.15) is 0 Å². The zero-order chi connectivity index (χ0) is 9.80. The first-order valence-corrected chi connectivity index (χ1v) is 6.38. The lowest BCUT2D eigenvalue weighted by atomic mass is 10.1. The van der Waals surface area contributed by atoms with Crippen LogP contribution >= 0.6 is 23.5 Å². The van der Waals surface area contributed by atoms with Crippen LogP contribution in [0.15, 0.2) is 6.20 Å². The fraction of sp³-hybridized carbons (Fsp3) is 0.750. The number of rotatable bonds is 3. The number of thioether (sulfide) groups is 1. The zero-order valence-corrected chi connectivity index (χ0v) is 9.26. The Hall–Kier alpha value is -0.170. The Morgan fingerprint density at radius 1 is 1.71 bits per heavy atom. The molecule has 0 amide bonds. The summed E-state index contributed by atoms with van der Waals surface area (Å²) in [6.45, 7) is 0.738. The molecule has 1 N–H and O–H groups in total. The van der Waals surface area contributed by atoms with Crippen molar-refractivity contribution in [2.75, 3.05) is 18.1 Å². The normalized spacial score (nSPS) is 24.8. The second-order valence-electron chi connectivity index (χ2n) is 3.15. The van der Waals surface area contributed by atoms with Crippen LogP contribution < -0.4 is 0 Å². The molecule has 78 valence electrons. The number of aromatic nitrogens is 2. The van der Waals surface area contributed by atoms with Crippen molar-refractivity contribution in [3.8, 4) is 0 Å². The summed E-state index contributed by atoms with van der Waals surface area (Å²) in [5, 5.41) is 9.84. The van der Waals surface area contributed by atoms with Gasteiger partial charge in [0.25, 0.3) is 0 Å². The van der Waals surface area contributed by atoms with Crippen LogP contribution in [0.5, 0.6) is 0 Å². The molecule has 0 bridgehead atoms. The van der Waals surface area contributed by atoms with Gasteiger partial charge >= 0.3 is 0 Å². The highest BCUT2D eigenvalue weighted by Gasteiger charge is 2.23. The smallest absolute Gasteiger partial charge is 0.0928 e. The molecule has 1 aromatic rings. The van der Waals surface area contributed by atoms with Gasteiger partial charge in [-0.3, -0.25) is 0 Å².